The highest BCUT2D eigenvalue weighted by Gasteiger charge is 2.13. The molecule has 7 nitrogen and oxygen atoms in total. The molecule has 0 aliphatic heterocycles. The van der Waals surface area contributed by atoms with E-state index < -0.39 is 5.83 Å². The summed E-state index contributed by atoms with van der Waals surface area (Å²) in [6, 6.07) is 6.60. The van der Waals surface area contributed by atoms with Crippen molar-refractivity contribution in [1.29, 1.82) is 0 Å². The smallest absolute Gasteiger partial charge is 0.272 e. The second kappa shape index (κ2) is 6.86. The van der Waals surface area contributed by atoms with E-state index in [1.165, 1.54) is 12.3 Å². The van der Waals surface area contributed by atoms with Crippen LogP contribution in [0.25, 0.3) is 11.9 Å². The molecular formula is C16H13ClFN5O2. The molecule has 0 spiro atoms. The molecule has 128 valence electrons. The summed E-state index contributed by atoms with van der Waals surface area (Å²) in [5, 5.41) is 8.02. The van der Waals surface area contributed by atoms with E-state index in [1.54, 1.807) is 31.2 Å². The van der Waals surface area contributed by atoms with Crippen molar-refractivity contribution in [2.45, 2.75) is 13.5 Å². The number of halogens is 2. The first-order valence-electron chi connectivity index (χ1n) is 7.22. The zero-order valence-electron chi connectivity index (χ0n) is 13.1. The van der Waals surface area contributed by atoms with E-state index >= 15 is 0 Å². The van der Waals surface area contributed by atoms with Crippen molar-refractivity contribution in [2.75, 3.05) is 5.73 Å². The number of benzene rings is 1. The summed E-state index contributed by atoms with van der Waals surface area (Å²) in [5.41, 5.74) is 6.50. The predicted molar refractivity (Wildman–Crippen MR) is 91.5 cm³/mol. The number of hydrogen-bond acceptors (Lipinski definition) is 6. The maximum atomic E-state index is 14.2. The molecule has 3 rings (SSSR count). The number of rotatable bonds is 4. The number of nitrogen functional groups attached to an aromatic ring is 1. The van der Waals surface area contributed by atoms with Crippen LogP contribution in [-0.2, 0) is 6.54 Å². The summed E-state index contributed by atoms with van der Waals surface area (Å²) in [5.74, 6) is -0.843. The molecule has 0 fully saturated rings. The highest BCUT2D eigenvalue weighted by molar-refractivity contribution is 6.30. The molecule has 0 bridgehead atoms. The quantitative estimate of drug-likeness (QED) is 0.766. The van der Waals surface area contributed by atoms with Crippen LogP contribution in [0.2, 0.25) is 5.02 Å². The summed E-state index contributed by atoms with van der Waals surface area (Å²) in [4.78, 5) is 16.0. The van der Waals surface area contributed by atoms with E-state index in [2.05, 4.69) is 15.2 Å². The standard InChI is InChI=1S/C16H13ClFN5O2/c1-9-13(19)7-20-23(16(9)24)8-14-21-15(22-25-14)12(18)6-10-2-4-11(17)5-3-10/h2-7H,8,19H2,1H3/b12-6-. The van der Waals surface area contributed by atoms with Gasteiger partial charge in [-0.25, -0.2) is 9.07 Å². The van der Waals surface area contributed by atoms with Crippen molar-refractivity contribution in [3.63, 3.8) is 0 Å². The maximum absolute atomic E-state index is 14.2. The monoisotopic (exact) mass is 361 g/mol. The van der Waals surface area contributed by atoms with Gasteiger partial charge in [0.1, 0.15) is 6.54 Å². The fraction of sp³-hybridized carbons (Fsp3) is 0.125. The third kappa shape index (κ3) is 3.74. The Morgan fingerprint density at radius 2 is 2.12 bits per heavy atom. The van der Waals surface area contributed by atoms with Crippen molar-refractivity contribution >= 4 is 29.2 Å². The Labute approximate surface area is 146 Å². The van der Waals surface area contributed by atoms with Gasteiger partial charge < -0.3 is 10.3 Å². The normalized spacial score (nSPS) is 11.7. The van der Waals surface area contributed by atoms with Crippen LogP contribution in [0.4, 0.5) is 10.1 Å². The van der Waals surface area contributed by atoms with Gasteiger partial charge >= 0.3 is 0 Å². The second-order valence-electron chi connectivity index (χ2n) is 5.24. The van der Waals surface area contributed by atoms with E-state index in [0.29, 0.717) is 21.8 Å². The number of anilines is 1. The predicted octanol–water partition coefficient (Wildman–Crippen LogP) is 2.69. The Bertz CT molecular complexity index is 995. The molecule has 2 aromatic heterocycles. The minimum Gasteiger partial charge on any atom is -0.397 e. The van der Waals surface area contributed by atoms with E-state index in [0.717, 1.165) is 4.68 Å². The maximum Gasteiger partial charge on any atom is 0.272 e. The third-order valence-corrected chi connectivity index (χ3v) is 3.71. The van der Waals surface area contributed by atoms with Gasteiger partial charge in [-0.1, -0.05) is 28.9 Å². The van der Waals surface area contributed by atoms with Crippen LogP contribution >= 0.6 is 11.6 Å². The molecule has 2 heterocycles. The first-order chi connectivity index (χ1) is 11.9. The molecule has 1 aromatic carbocycles. The fourth-order valence-corrected chi connectivity index (χ4v) is 2.15. The van der Waals surface area contributed by atoms with Crippen LogP contribution < -0.4 is 11.3 Å². The number of nitrogens with zero attached hydrogens (tertiary/aromatic N) is 4. The molecule has 0 aliphatic rings. The first-order valence-corrected chi connectivity index (χ1v) is 7.60. The molecule has 0 saturated carbocycles. The Kier molecular flexibility index (Phi) is 4.62. The largest absolute Gasteiger partial charge is 0.397 e. The minimum absolute atomic E-state index is 0.0495. The second-order valence-corrected chi connectivity index (χ2v) is 5.68. The van der Waals surface area contributed by atoms with Gasteiger partial charge in [0.25, 0.3) is 5.56 Å². The average Bonchev–Trinajstić information content (AvgIpc) is 3.06. The van der Waals surface area contributed by atoms with Crippen LogP contribution in [0.5, 0.6) is 0 Å². The van der Waals surface area contributed by atoms with Gasteiger partial charge in [-0.05, 0) is 30.7 Å². The van der Waals surface area contributed by atoms with E-state index in [1.807, 2.05) is 0 Å². The van der Waals surface area contributed by atoms with E-state index in [-0.39, 0.29) is 23.8 Å². The summed E-state index contributed by atoms with van der Waals surface area (Å²) >= 11 is 5.78. The summed E-state index contributed by atoms with van der Waals surface area (Å²) < 4.78 is 20.3. The van der Waals surface area contributed by atoms with E-state index in [9.17, 15) is 9.18 Å². The van der Waals surface area contributed by atoms with Gasteiger partial charge in [0.15, 0.2) is 5.83 Å². The molecule has 0 radical (unpaired) electrons. The fourth-order valence-electron chi connectivity index (χ4n) is 2.02. The number of aromatic nitrogens is 4. The molecule has 9 heteroatoms. The Morgan fingerprint density at radius 1 is 1.40 bits per heavy atom. The minimum atomic E-state index is -0.675. The highest BCUT2D eigenvalue weighted by atomic mass is 35.5. The topological polar surface area (TPSA) is 99.8 Å². The number of hydrogen-bond donors (Lipinski definition) is 1. The van der Waals surface area contributed by atoms with E-state index in [4.69, 9.17) is 21.9 Å². The molecule has 3 aromatic rings. The molecule has 0 amide bonds. The molecule has 2 N–H and O–H groups in total. The van der Waals surface area contributed by atoms with Crippen LogP contribution in [0.15, 0.2) is 39.8 Å². The number of nitrogens with two attached hydrogens (primary N) is 1. The lowest BCUT2D eigenvalue weighted by molar-refractivity contribution is 0.360. The molecule has 0 atom stereocenters. The Morgan fingerprint density at radius 3 is 2.84 bits per heavy atom. The third-order valence-electron chi connectivity index (χ3n) is 3.45. The van der Waals surface area contributed by atoms with Crippen molar-refractivity contribution < 1.29 is 8.91 Å². The molecule has 0 saturated heterocycles. The van der Waals surface area contributed by atoms with Crippen molar-refractivity contribution in [3.05, 3.63) is 68.7 Å². The lowest BCUT2D eigenvalue weighted by atomic mass is 10.2. The van der Waals surface area contributed by atoms with Crippen LogP contribution in [-0.4, -0.2) is 19.9 Å². The molecule has 25 heavy (non-hydrogen) atoms. The van der Waals surface area contributed by atoms with Gasteiger partial charge in [-0.15, -0.1) is 0 Å². The summed E-state index contributed by atoms with van der Waals surface area (Å²) in [6.45, 7) is 1.50. The first kappa shape index (κ1) is 16.8. The lowest BCUT2D eigenvalue weighted by Crippen LogP contribution is -2.26. The Balaban J connectivity index is 1.82. The summed E-state index contributed by atoms with van der Waals surface area (Å²) in [7, 11) is 0. The lowest BCUT2D eigenvalue weighted by Gasteiger charge is -2.03. The molecular weight excluding hydrogens is 349 g/mol. The highest BCUT2D eigenvalue weighted by Crippen LogP contribution is 2.18. The zero-order chi connectivity index (χ0) is 18.0. The van der Waals surface area contributed by atoms with Crippen molar-refractivity contribution in [1.82, 2.24) is 19.9 Å². The van der Waals surface area contributed by atoms with Crippen LogP contribution in [0.1, 0.15) is 22.8 Å². The van der Waals surface area contributed by atoms with Crippen LogP contribution in [0.3, 0.4) is 0 Å². The van der Waals surface area contributed by atoms with Gasteiger partial charge in [0.05, 0.1) is 11.9 Å². The van der Waals surface area contributed by atoms with Gasteiger partial charge in [-0.2, -0.15) is 10.1 Å². The zero-order valence-corrected chi connectivity index (χ0v) is 13.9. The van der Waals surface area contributed by atoms with Crippen LogP contribution in [0, 0.1) is 6.92 Å². The van der Waals surface area contributed by atoms with Crippen molar-refractivity contribution in [2.24, 2.45) is 0 Å². The van der Waals surface area contributed by atoms with Gasteiger partial charge in [-0.3, -0.25) is 4.79 Å². The summed E-state index contributed by atoms with van der Waals surface area (Å²) in [6.07, 6.45) is 2.61. The SMILES string of the molecule is Cc1c(N)cnn(Cc2nc(/C(F)=C/c3ccc(Cl)cc3)no2)c1=O. The van der Waals surface area contributed by atoms with Gasteiger partial charge in [0.2, 0.25) is 11.7 Å². The average molecular weight is 362 g/mol. The Hall–Kier alpha value is -3.00. The van der Waals surface area contributed by atoms with Crippen molar-refractivity contribution in [3.8, 4) is 0 Å². The molecule has 0 unspecified atom stereocenters. The molecule has 0 aliphatic carbocycles. The van der Waals surface area contributed by atoms with Gasteiger partial charge in [0, 0.05) is 10.6 Å².